The number of anilines is 1. The molecule has 0 saturated heterocycles. The molecular formula is C14H14N4OS2. The fourth-order valence-electron chi connectivity index (χ4n) is 1.72. The molecule has 1 N–H and O–H groups in total. The molecule has 2 heterocycles. The molecule has 0 saturated carbocycles. The minimum atomic E-state index is -0.156. The van der Waals surface area contributed by atoms with Crippen LogP contribution in [0.5, 0.6) is 0 Å². The molecule has 21 heavy (non-hydrogen) atoms. The van der Waals surface area contributed by atoms with E-state index in [0.717, 1.165) is 16.8 Å². The van der Waals surface area contributed by atoms with Crippen molar-refractivity contribution in [3.63, 3.8) is 0 Å². The number of carbonyl (C=O) groups excluding carboxylic acids is 1. The molecule has 0 atom stereocenters. The molecule has 0 radical (unpaired) electrons. The predicted molar refractivity (Wildman–Crippen MR) is 84.6 cm³/mol. The number of carbonyl (C=O) groups is 1. The van der Waals surface area contributed by atoms with Crippen molar-refractivity contribution in [2.45, 2.75) is 25.8 Å². The molecular weight excluding hydrogens is 304 g/mol. The molecule has 0 spiro atoms. The Morgan fingerprint density at radius 3 is 2.81 bits per heavy atom. The zero-order chi connectivity index (χ0) is 15.4. The van der Waals surface area contributed by atoms with Gasteiger partial charge in [-0.05, 0) is 31.9 Å². The zero-order valence-electron chi connectivity index (χ0n) is 11.9. The van der Waals surface area contributed by atoms with Crippen LogP contribution in [-0.2, 0) is 4.79 Å². The molecule has 0 aliphatic rings. The van der Waals surface area contributed by atoms with Crippen LogP contribution >= 0.6 is 23.1 Å². The topological polar surface area (TPSA) is 78.7 Å². The Kier molecular flexibility index (Phi) is 4.94. The van der Waals surface area contributed by atoms with Crippen molar-refractivity contribution in [2.24, 2.45) is 0 Å². The van der Waals surface area contributed by atoms with Crippen molar-refractivity contribution in [2.75, 3.05) is 11.1 Å². The lowest BCUT2D eigenvalue weighted by atomic mass is 10.1. The summed E-state index contributed by atoms with van der Waals surface area (Å²) in [6, 6.07) is 2.18. The van der Waals surface area contributed by atoms with Gasteiger partial charge >= 0.3 is 0 Å². The van der Waals surface area contributed by atoms with Crippen LogP contribution in [0.2, 0.25) is 0 Å². The molecule has 7 heteroatoms. The summed E-state index contributed by atoms with van der Waals surface area (Å²) in [4.78, 5) is 20.3. The average molecular weight is 318 g/mol. The van der Waals surface area contributed by atoms with E-state index in [1.165, 1.54) is 23.1 Å². The van der Waals surface area contributed by atoms with Gasteiger partial charge in [0.15, 0.2) is 5.13 Å². The summed E-state index contributed by atoms with van der Waals surface area (Å²) >= 11 is 2.64. The smallest absolute Gasteiger partial charge is 0.236 e. The minimum Gasteiger partial charge on any atom is -0.301 e. The van der Waals surface area contributed by atoms with Crippen LogP contribution in [0.15, 0.2) is 16.6 Å². The van der Waals surface area contributed by atoms with E-state index in [1.54, 1.807) is 11.6 Å². The van der Waals surface area contributed by atoms with E-state index in [1.807, 2.05) is 20.8 Å². The normalized spacial score (nSPS) is 10.2. The Bertz CT molecular complexity index is 705. The number of nitriles is 1. The number of rotatable bonds is 4. The lowest BCUT2D eigenvalue weighted by Crippen LogP contribution is -2.14. The number of thioether (sulfide) groups is 1. The molecule has 0 aromatic carbocycles. The summed E-state index contributed by atoms with van der Waals surface area (Å²) in [5.41, 5.74) is 3.37. The van der Waals surface area contributed by atoms with E-state index >= 15 is 0 Å². The molecule has 108 valence electrons. The third kappa shape index (κ3) is 3.60. The summed E-state index contributed by atoms with van der Waals surface area (Å²) in [6.45, 7) is 5.76. The number of nitrogens with one attached hydrogen (secondary N) is 1. The second kappa shape index (κ2) is 6.70. The molecule has 0 unspecified atom stereocenters. The van der Waals surface area contributed by atoms with Crippen LogP contribution in [0.1, 0.15) is 22.4 Å². The molecule has 1 amide bonds. The number of hydrogen-bond donors (Lipinski definition) is 1. The third-order valence-corrected chi connectivity index (χ3v) is 4.76. The summed E-state index contributed by atoms with van der Waals surface area (Å²) in [5.74, 6) is 0.0416. The first-order valence-corrected chi connectivity index (χ1v) is 8.09. The molecule has 0 aliphatic carbocycles. The first-order chi connectivity index (χ1) is 10.0. The highest BCUT2D eigenvalue weighted by molar-refractivity contribution is 8.00. The summed E-state index contributed by atoms with van der Waals surface area (Å²) in [5, 5.41) is 15.0. The van der Waals surface area contributed by atoms with Crippen molar-refractivity contribution < 1.29 is 4.79 Å². The van der Waals surface area contributed by atoms with Gasteiger partial charge in [-0.1, -0.05) is 11.8 Å². The summed E-state index contributed by atoms with van der Waals surface area (Å²) in [7, 11) is 0. The van der Waals surface area contributed by atoms with E-state index in [-0.39, 0.29) is 11.7 Å². The van der Waals surface area contributed by atoms with E-state index in [9.17, 15) is 10.1 Å². The van der Waals surface area contributed by atoms with Crippen LogP contribution in [0.3, 0.4) is 0 Å². The molecule has 0 fully saturated rings. The van der Waals surface area contributed by atoms with Gasteiger partial charge in [-0.25, -0.2) is 9.97 Å². The van der Waals surface area contributed by atoms with Gasteiger partial charge in [0.1, 0.15) is 11.1 Å². The van der Waals surface area contributed by atoms with Gasteiger partial charge in [0.2, 0.25) is 5.91 Å². The third-order valence-electron chi connectivity index (χ3n) is 3.09. The molecule has 2 aromatic heterocycles. The SMILES string of the molecule is Cc1nc(SCC(=O)Nc2nccs2)c(C#N)c(C)c1C. The van der Waals surface area contributed by atoms with E-state index in [4.69, 9.17) is 0 Å². The van der Waals surface area contributed by atoms with Crippen molar-refractivity contribution in [1.82, 2.24) is 9.97 Å². The fourth-order valence-corrected chi connectivity index (χ4v) is 3.15. The van der Waals surface area contributed by atoms with Gasteiger partial charge in [-0.15, -0.1) is 11.3 Å². The minimum absolute atomic E-state index is 0.156. The van der Waals surface area contributed by atoms with Gasteiger partial charge in [0.05, 0.1) is 11.3 Å². The Balaban J connectivity index is 2.10. The maximum Gasteiger partial charge on any atom is 0.236 e. The number of pyridine rings is 1. The van der Waals surface area contributed by atoms with Crippen molar-refractivity contribution in [3.8, 4) is 6.07 Å². The number of hydrogen-bond acceptors (Lipinski definition) is 6. The molecule has 5 nitrogen and oxygen atoms in total. The maximum absolute atomic E-state index is 11.8. The summed E-state index contributed by atoms with van der Waals surface area (Å²) < 4.78 is 0. The van der Waals surface area contributed by atoms with Gasteiger partial charge in [-0.2, -0.15) is 5.26 Å². The standard InChI is InChI=1S/C14H14N4OS2/c1-8-9(2)11(6-15)13(17-10(8)3)21-7-12(19)18-14-16-4-5-20-14/h4-5H,7H2,1-3H3,(H,16,18,19). The molecule has 2 rings (SSSR count). The van der Waals surface area contributed by atoms with Crippen molar-refractivity contribution in [1.29, 1.82) is 5.26 Å². The van der Waals surface area contributed by atoms with Gasteiger partial charge in [0.25, 0.3) is 0 Å². The van der Waals surface area contributed by atoms with Crippen molar-refractivity contribution >= 4 is 34.1 Å². The predicted octanol–water partition coefficient (Wildman–Crippen LogP) is 3.07. The van der Waals surface area contributed by atoms with Gasteiger partial charge < -0.3 is 5.32 Å². The van der Waals surface area contributed by atoms with E-state index in [2.05, 4.69) is 21.4 Å². The average Bonchev–Trinajstić information content (AvgIpc) is 2.95. The second-order valence-electron chi connectivity index (χ2n) is 4.41. The first kappa shape index (κ1) is 15.5. The lowest BCUT2D eigenvalue weighted by Gasteiger charge is -2.10. The lowest BCUT2D eigenvalue weighted by molar-refractivity contribution is -0.113. The molecule has 2 aromatic rings. The monoisotopic (exact) mass is 318 g/mol. The zero-order valence-corrected chi connectivity index (χ0v) is 13.6. The highest BCUT2D eigenvalue weighted by Gasteiger charge is 2.14. The van der Waals surface area contributed by atoms with Crippen molar-refractivity contribution in [3.05, 3.63) is 34.0 Å². The Morgan fingerprint density at radius 1 is 1.43 bits per heavy atom. The molecule has 0 bridgehead atoms. The second-order valence-corrected chi connectivity index (χ2v) is 6.27. The highest BCUT2D eigenvalue weighted by atomic mass is 32.2. The van der Waals surface area contributed by atoms with Crippen LogP contribution in [-0.4, -0.2) is 21.6 Å². The van der Waals surface area contributed by atoms with Crippen LogP contribution < -0.4 is 5.32 Å². The Morgan fingerprint density at radius 2 is 2.19 bits per heavy atom. The largest absolute Gasteiger partial charge is 0.301 e. The highest BCUT2D eigenvalue weighted by Crippen LogP contribution is 2.26. The number of aromatic nitrogens is 2. The number of nitrogens with zero attached hydrogens (tertiary/aromatic N) is 3. The number of amides is 1. The van der Waals surface area contributed by atoms with Gasteiger partial charge in [0, 0.05) is 17.3 Å². The fraction of sp³-hybridized carbons (Fsp3) is 0.286. The van der Waals surface area contributed by atoms with Gasteiger partial charge in [-0.3, -0.25) is 4.79 Å². The summed E-state index contributed by atoms with van der Waals surface area (Å²) in [6.07, 6.45) is 1.63. The van der Waals surface area contributed by atoms with Crippen LogP contribution in [0, 0.1) is 32.1 Å². The number of aryl methyl sites for hydroxylation is 1. The maximum atomic E-state index is 11.8. The van der Waals surface area contributed by atoms with E-state index in [0.29, 0.717) is 15.7 Å². The number of thiazole rings is 1. The Labute approximate surface area is 131 Å². The van der Waals surface area contributed by atoms with E-state index < -0.39 is 0 Å². The first-order valence-electron chi connectivity index (χ1n) is 6.23. The quantitative estimate of drug-likeness (QED) is 0.877. The van der Waals surface area contributed by atoms with Crippen LogP contribution in [0.4, 0.5) is 5.13 Å². The molecule has 0 aliphatic heterocycles. The Hall–Kier alpha value is -1.91. The van der Waals surface area contributed by atoms with Crippen LogP contribution in [0.25, 0.3) is 0 Å².